The van der Waals surface area contributed by atoms with Crippen molar-refractivity contribution in [1.82, 2.24) is 5.43 Å². The molecule has 0 aromatic heterocycles. The zero-order valence-corrected chi connectivity index (χ0v) is 16.1. The van der Waals surface area contributed by atoms with Gasteiger partial charge in [0.2, 0.25) is 0 Å². The highest BCUT2D eigenvalue weighted by atomic mass is 35.5. The summed E-state index contributed by atoms with van der Waals surface area (Å²) in [6.45, 7) is 4.64. The van der Waals surface area contributed by atoms with Crippen molar-refractivity contribution >= 4 is 35.3 Å². The lowest BCUT2D eigenvalue weighted by Gasteiger charge is -2.08. The number of amides is 1. The van der Waals surface area contributed by atoms with Gasteiger partial charge in [-0.1, -0.05) is 37.0 Å². The summed E-state index contributed by atoms with van der Waals surface area (Å²) in [5.74, 6) is 1.25. The first-order valence-corrected chi connectivity index (χ1v) is 8.82. The molecule has 0 bridgehead atoms. The van der Waals surface area contributed by atoms with E-state index >= 15 is 0 Å². The Balaban J connectivity index is 1.77. The molecule has 0 fully saturated rings. The van der Waals surface area contributed by atoms with Crippen LogP contribution in [0.3, 0.4) is 0 Å². The number of nitrogens with one attached hydrogen (secondary N) is 1. The maximum atomic E-state index is 11.7. The Morgan fingerprint density at radius 1 is 1.15 bits per heavy atom. The quantitative estimate of drug-likeness (QED) is 0.527. The third-order valence-corrected chi connectivity index (χ3v) is 3.65. The average Bonchev–Trinajstić information content (AvgIpc) is 2.60. The second-order valence-electron chi connectivity index (χ2n) is 5.93. The summed E-state index contributed by atoms with van der Waals surface area (Å²) in [7, 11) is 0. The summed E-state index contributed by atoms with van der Waals surface area (Å²) < 4.78 is 10.9. The Morgan fingerprint density at radius 3 is 2.54 bits per heavy atom. The Labute approximate surface area is 162 Å². The second-order valence-corrected chi connectivity index (χ2v) is 6.77. The van der Waals surface area contributed by atoms with Crippen molar-refractivity contribution in [3.8, 4) is 11.5 Å². The van der Waals surface area contributed by atoms with Crippen LogP contribution in [0.25, 0.3) is 0 Å². The molecule has 0 unspecified atom stereocenters. The summed E-state index contributed by atoms with van der Waals surface area (Å²) in [6, 6.07) is 12.2. The molecule has 0 saturated carbocycles. The van der Waals surface area contributed by atoms with Crippen LogP contribution in [0.5, 0.6) is 11.5 Å². The van der Waals surface area contributed by atoms with Crippen LogP contribution < -0.4 is 14.9 Å². The van der Waals surface area contributed by atoms with Gasteiger partial charge in [-0.3, -0.25) is 4.79 Å². The molecule has 5 nitrogen and oxygen atoms in total. The minimum atomic E-state index is -0.399. The molecule has 0 aliphatic heterocycles. The molecule has 0 aliphatic carbocycles. The average molecular weight is 395 g/mol. The molecule has 1 amide bonds. The predicted octanol–water partition coefficient (Wildman–Crippen LogP) is 4.56. The summed E-state index contributed by atoms with van der Waals surface area (Å²) in [6.07, 6.45) is 1.54. The fourth-order valence-corrected chi connectivity index (χ4v) is 2.32. The van der Waals surface area contributed by atoms with Gasteiger partial charge in [0.25, 0.3) is 5.91 Å². The summed E-state index contributed by atoms with van der Waals surface area (Å²) in [4.78, 5) is 11.7. The lowest BCUT2D eigenvalue weighted by molar-refractivity contribution is -0.123. The molecule has 26 heavy (non-hydrogen) atoms. The van der Waals surface area contributed by atoms with E-state index in [4.69, 9.17) is 32.7 Å². The summed E-state index contributed by atoms with van der Waals surface area (Å²) >= 11 is 11.8. The molecule has 2 aromatic carbocycles. The highest BCUT2D eigenvalue weighted by molar-refractivity contribution is 6.35. The topological polar surface area (TPSA) is 59.9 Å². The number of halogens is 2. The van der Waals surface area contributed by atoms with Gasteiger partial charge in [0.05, 0.1) is 17.8 Å². The maximum Gasteiger partial charge on any atom is 0.277 e. The Morgan fingerprint density at radius 2 is 1.88 bits per heavy atom. The molecule has 0 spiro atoms. The van der Waals surface area contributed by atoms with E-state index in [2.05, 4.69) is 24.4 Å². The third kappa shape index (κ3) is 6.94. The lowest BCUT2D eigenvalue weighted by atomic mass is 10.2. The number of rotatable bonds is 8. The van der Waals surface area contributed by atoms with Gasteiger partial charge in [-0.2, -0.15) is 5.10 Å². The zero-order valence-electron chi connectivity index (χ0n) is 14.5. The summed E-state index contributed by atoms with van der Waals surface area (Å²) in [5, 5.41) is 4.73. The highest BCUT2D eigenvalue weighted by Crippen LogP contribution is 2.27. The van der Waals surface area contributed by atoms with Crippen molar-refractivity contribution in [2.24, 2.45) is 11.0 Å². The zero-order chi connectivity index (χ0) is 18.9. The molecule has 2 rings (SSSR count). The Kier molecular flexibility index (Phi) is 7.75. The number of hydrazone groups is 1. The number of carbonyl (C=O) groups is 1. The lowest BCUT2D eigenvalue weighted by Crippen LogP contribution is -2.24. The Bertz CT molecular complexity index is 762. The van der Waals surface area contributed by atoms with Crippen LogP contribution in [0.1, 0.15) is 19.4 Å². The van der Waals surface area contributed by atoms with Crippen LogP contribution in [0, 0.1) is 5.92 Å². The summed E-state index contributed by atoms with van der Waals surface area (Å²) in [5.41, 5.74) is 3.23. The van der Waals surface area contributed by atoms with E-state index in [1.165, 1.54) is 0 Å². The minimum absolute atomic E-state index is 0.208. The van der Waals surface area contributed by atoms with E-state index in [0.717, 1.165) is 11.3 Å². The van der Waals surface area contributed by atoms with Crippen molar-refractivity contribution in [2.75, 3.05) is 13.2 Å². The van der Waals surface area contributed by atoms with Gasteiger partial charge in [0.1, 0.15) is 11.5 Å². The van der Waals surface area contributed by atoms with E-state index in [9.17, 15) is 4.79 Å². The van der Waals surface area contributed by atoms with E-state index in [0.29, 0.717) is 28.3 Å². The highest BCUT2D eigenvalue weighted by Gasteiger charge is 2.05. The monoisotopic (exact) mass is 394 g/mol. The van der Waals surface area contributed by atoms with Gasteiger partial charge >= 0.3 is 0 Å². The van der Waals surface area contributed by atoms with Crippen LogP contribution in [-0.4, -0.2) is 25.3 Å². The van der Waals surface area contributed by atoms with Crippen LogP contribution in [0.15, 0.2) is 47.6 Å². The van der Waals surface area contributed by atoms with Crippen molar-refractivity contribution < 1.29 is 14.3 Å². The van der Waals surface area contributed by atoms with Crippen LogP contribution in [-0.2, 0) is 4.79 Å². The van der Waals surface area contributed by atoms with Crippen molar-refractivity contribution in [3.05, 3.63) is 58.1 Å². The molecule has 138 valence electrons. The molecular weight excluding hydrogens is 375 g/mol. The number of hydrogen-bond donors (Lipinski definition) is 1. The van der Waals surface area contributed by atoms with E-state index < -0.39 is 5.91 Å². The third-order valence-electron chi connectivity index (χ3n) is 3.12. The number of benzene rings is 2. The molecule has 0 heterocycles. The molecular formula is C19H20Cl2N2O3. The van der Waals surface area contributed by atoms with Gasteiger partial charge in [0, 0.05) is 5.02 Å². The standard InChI is InChI=1S/C19H20Cl2N2O3/c1-13(2)11-25-16-6-3-14(4-7-16)10-22-23-19(24)12-26-18-8-5-15(20)9-17(18)21/h3-10,13H,11-12H2,1-2H3,(H,23,24)/b22-10-. The van der Waals surface area contributed by atoms with E-state index in [1.807, 2.05) is 24.3 Å². The molecule has 0 atom stereocenters. The second kappa shape index (κ2) is 10.0. The van der Waals surface area contributed by atoms with Gasteiger partial charge in [-0.05, 0) is 53.9 Å². The largest absolute Gasteiger partial charge is 0.493 e. The fourth-order valence-electron chi connectivity index (χ4n) is 1.86. The number of hydrogen-bond acceptors (Lipinski definition) is 4. The molecule has 2 aromatic rings. The van der Waals surface area contributed by atoms with Crippen LogP contribution >= 0.6 is 23.2 Å². The number of carbonyl (C=O) groups excluding carboxylic acids is 1. The van der Waals surface area contributed by atoms with Gasteiger partial charge in [0.15, 0.2) is 6.61 Å². The maximum absolute atomic E-state index is 11.7. The van der Waals surface area contributed by atoms with Gasteiger partial charge in [-0.15, -0.1) is 0 Å². The van der Waals surface area contributed by atoms with Gasteiger partial charge in [-0.25, -0.2) is 5.43 Å². The van der Waals surface area contributed by atoms with Crippen molar-refractivity contribution in [3.63, 3.8) is 0 Å². The Hall–Kier alpha value is -2.24. The van der Waals surface area contributed by atoms with Crippen LogP contribution in [0.4, 0.5) is 0 Å². The SMILES string of the molecule is CC(C)COc1ccc(/C=N\NC(=O)COc2ccc(Cl)cc2Cl)cc1. The van der Waals surface area contributed by atoms with Crippen molar-refractivity contribution in [1.29, 1.82) is 0 Å². The number of ether oxygens (including phenoxy) is 2. The first-order valence-electron chi connectivity index (χ1n) is 8.06. The first-order chi connectivity index (χ1) is 12.4. The molecule has 0 radical (unpaired) electrons. The van der Waals surface area contributed by atoms with E-state index in [-0.39, 0.29) is 6.61 Å². The smallest absolute Gasteiger partial charge is 0.277 e. The molecule has 0 aliphatic rings. The predicted molar refractivity (Wildman–Crippen MR) is 104 cm³/mol. The van der Waals surface area contributed by atoms with Crippen LogP contribution in [0.2, 0.25) is 10.0 Å². The fraction of sp³-hybridized carbons (Fsp3) is 0.263. The normalized spacial score (nSPS) is 11.0. The molecule has 1 N–H and O–H groups in total. The van der Waals surface area contributed by atoms with Gasteiger partial charge < -0.3 is 9.47 Å². The number of nitrogens with zero attached hydrogens (tertiary/aromatic N) is 1. The minimum Gasteiger partial charge on any atom is -0.493 e. The molecule has 7 heteroatoms. The van der Waals surface area contributed by atoms with Crippen molar-refractivity contribution in [2.45, 2.75) is 13.8 Å². The first kappa shape index (κ1) is 20.1. The molecule has 0 saturated heterocycles. The van der Waals surface area contributed by atoms with E-state index in [1.54, 1.807) is 24.4 Å².